The molecular weight excluding hydrogens is 216 g/mol. The molecule has 1 heterocycles. The van der Waals surface area contributed by atoms with Crippen molar-refractivity contribution in [2.45, 2.75) is 19.4 Å². The topological polar surface area (TPSA) is 41.6 Å². The van der Waals surface area contributed by atoms with Crippen molar-refractivity contribution in [3.63, 3.8) is 0 Å². The SMILES string of the molecule is COc1ccc(C(C)N2CCCNC2=O)cc1. The average molecular weight is 234 g/mol. The Bertz CT molecular complexity index is 389. The molecule has 1 aliphatic rings. The van der Waals surface area contributed by atoms with Gasteiger partial charge in [-0.25, -0.2) is 4.79 Å². The summed E-state index contributed by atoms with van der Waals surface area (Å²) in [5, 5.41) is 2.87. The Kier molecular flexibility index (Phi) is 3.52. The molecule has 2 amide bonds. The van der Waals surface area contributed by atoms with Crippen molar-refractivity contribution in [2.24, 2.45) is 0 Å². The lowest BCUT2D eigenvalue weighted by Gasteiger charge is -2.33. The van der Waals surface area contributed by atoms with Crippen LogP contribution in [0.1, 0.15) is 24.9 Å². The van der Waals surface area contributed by atoms with Crippen molar-refractivity contribution < 1.29 is 9.53 Å². The van der Waals surface area contributed by atoms with Crippen LogP contribution >= 0.6 is 0 Å². The minimum absolute atomic E-state index is 0.0274. The van der Waals surface area contributed by atoms with Gasteiger partial charge in [0, 0.05) is 13.1 Å². The minimum Gasteiger partial charge on any atom is -0.497 e. The molecule has 1 aromatic rings. The molecule has 0 bridgehead atoms. The fourth-order valence-electron chi connectivity index (χ4n) is 2.08. The van der Waals surface area contributed by atoms with Gasteiger partial charge in [-0.1, -0.05) is 12.1 Å². The van der Waals surface area contributed by atoms with Crippen LogP contribution in [-0.4, -0.2) is 31.1 Å². The van der Waals surface area contributed by atoms with Crippen LogP contribution in [0.4, 0.5) is 4.79 Å². The molecule has 0 aromatic heterocycles. The normalized spacial score (nSPS) is 17.5. The van der Waals surface area contributed by atoms with Crippen molar-refractivity contribution in [3.05, 3.63) is 29.8 Å². The molecule has 1 aliphatic heterocycles. The van der Waals surface area contributed by atoms with Gasteiger partial charge in [-0.05, 0) is 31.0 Å². The molecule has 2 rings (SSSR count). The molecule has 1 fully saturated rings. The number of methoxy groups -OCH3 is 1. The van der Waals surface area contributed by atoms with E-state index in [1.807, 2.05) is 36.1 Å². The maximum Gasteiger partial charge on any atom is 0.317 e. The highest BCUT2D eigenvalue weighted by Gasteiger charge is 2.23. The molecule has 1 saturated heterocycles. The number of hydrogen-bond donors (Lipinski definition) is 1. The van der Waals surface area contributed by atoms with Crippen molar-refractivity contribution in [2.75, 3.05) is 20.2 Å². The summed E-state index contributed by atoms with van der Waals surface area (Å²) in [5.41, 5.74) is 1.13. The lowest BCUT2D eigenvalue weighted by atomic mass is 10.1. The highest BCUT2D eigenvalue weighted by atomic mass is 16.5. The van der Waals surface area contributed by atoms with Crippen LogP contribution in [0.15, 0.2) is 24.3 Å². The van der Waals surface area contributed by atoms with E-state index in [0.717, 1.165) is 30.8 Å². The standard InChI is InChI=1S/C13H18N2O2/c1-10(15-9-3-8-14-13(15)16)11-4-6-12(17-2)7-5-11/h4-7,10H,3,8-9H2,1-2H3,(H,14,16). The van der Waals surface area contributed by atoms with Gasteiger partial charge in [0.25, 0.3) is 0 Å². The number of carbonyl (C=O) groups is 1. The first-order valence-electron chi connectivity index (χ1n) is 5.91. The lowest BCUT2D eigenvalue weighted by Crippen LogP contribution is -2.47. The Morgan fingerprint density at radius 1 is 1.35 bits per heavy atom. The number of rotatable bonds is 3. The third-order valence-electron chi connectivity index (χ3n) is 3.18. The van der Waals surface area contributed by atoms with Gasteiger partial charge in [0.2, 0.25) is 0 Å². The van der Waals surface area contributed by atoms with Crippen molar-refractivity contribution in [3.8, 4) is 5.75 Å². The third kappa shape index (κ3) is 2.52. The molecule has 0 radical (unpaired) electrons. The van der Waals surface area contributed by atoms with Crippen LogP contribution in [0, 0.1) is 0 Å². The van der Waals surface area contributed by atoms with E-state index in [4.69, 9.17) is 4.74 Å². The van der Waals surface area contributed by atoms with Gasteiger partial charge in [0.15, 0.2) is 0 Å². The number of nitrogens with zero attached hydrogens (tertiary/aromatic N) is 1. The van der Waals surface area contributed by atoms with Gasteiger partial charge >= 0.3 is 6.03 Å². The first kappa shape index (κ1) is 11.8. The largest absolute Gasteiger partial charge is 0.497 e. The van der Waals surface area contributed by atoms with E-state index in [1.54, 1.807) is 7.11 Å². The van der Waals surface area contributed by atoms with E-state index in [9.17, 15) is 4.79 Å². The number of amides is 2. The number of ether oxygens (including phenoxy) is 1. The predicted molar refractivity (Wildman–Crippen MR) is 66.1 cm³/mol. The van der Waals surface area contributed by atoms with Gasteiger partial charge in [-0.15, -0.1) is 0 Å². The molecule has 1 atom stereocenters. The van der Waals surface area contributed by atoms with E-state index in [-0.39, 0.29) is 12.1 Å². The maximum atomic E-state index is 11.7. The predicted octanol–water partition coefficient (Wildman–Crippen LogP) is 2.17. The van der Waals surface area contributed by atoms with Crippen molar-refractivity contribution in [1.29, 1.82) is 0 Å². The first-order valence-corrected chi connectivity index (χ1v) is 5.91. The number of nitrogens with one attached hydrogen (secondary N) is 1. The summed E-state index contributed by atoms with van der Waals surface area (Å²) in [4.78, 5) is 13.6. The van der Waals surface area contributed by atoms with Crippen molar-refractivity contribution >= 4 is 6.03 Å². The molecule has 4 heteroatoms. The van der Waals surface area contributed by atoms with Gasteiger partial charge in [-0.3, -0.25) is 0 Å². The Hall–Kier alpha value is -1.71. The summed E-state index contributed by atoms with van der Waals surface area (Å²) in [7, 11) is 1.65. The fourth-order valence-corrected chi connectivity index (χ4v) is 2.08. The molecule has 1 aromatic carbocycles. The average Bonchev–Trinajstić information content (AvgIpc) is 2.39. The summed E-state index contributed by atoms with van der Waals surface area (Å²) >= 11 is 0. The second kappa shape index (κ2) is 5.08. The van der Waals surface area contributed by atoms with Gasteiger partial charge in [0.1, 0.15) is 5.75 Å². The van der Waals surface area contributed by atoms with E-state index >= 15 is 0 Å². The fraction of sp³-hybridized carbons (Fsp3) is 0.462. The molecule has 0 saturated carbocycles. The van der Waals surface area contributed by atoms with E-state index < -0.39 is 0 Å². The molecule has 0 spiro atoms. The lowest BCUT2D eigenvalue weighted by molar-refractivity contribution is 0.166. The Balaban J connectivity index is 2.12. The Labute approximate surface area is 102 Å². The minimum atomic E-state index is 0.0274. The van der Waals surface area contributed by atoms with E-state index in [0.29, 0.717) is 0 Å². The summed E-state index contributed by atoms with van der Waals surface area (Å²) in [6, 6.07) is 7.98. The monoisotopic (exact) mass is 234 g/mol. The van der Waals surface area contributed by atoms with E-state index in [1.165, 1.54) is 0 Å². The quantitative estimate of drug-likeness (QED) is 0.870. The zero-order chi connectivity index (χ0) is 12.3. The Morgan fingerprint density at radius 3 is 2.65 bits per heavy atom. The molecule has 1 unspecified atom stereocenters. The second-order valence-electron chi connectivity index (χ2n) is 4.23. The van der Waals surface area contributed by atoms with Crippen LogP contribution in [0.2, 0.25) is 0 Å². The number of carbonyl (C=O) groups excluding carboxylic acids is 1. The van der Waals surface area contributed by atoms with Crippen LogP contribution < -0.4 is 10.1 Å². The van der Waals surface area contributed by atoms with Gasteiger partial charge in [0.05, 0.1) is 13.2 Å². The zero-order valence-electron chi connectivity index (χ0n) is 10.3. The first-order chi connectivity index (χ1) is 8.22. The highest BCUT2D eigenvalue weighted by Crippen LogP contribution is 2.23. The summed E-state index contributed by atoms with van der Waals surface area (Å²) in [6.45, 7) is 3.65. The molecule has 92 valence electrons. The van der Waals surface area contributed by atoms with Gasteiger partial charge in [-0.2, -0.15) is 0 Å². The number of hydrogen-bond acceptors (Lipinski definition) is 2. The molecule has 1 N–H and O–H groups in total. The summed E-state index contributed by atoms with van der Waals surface area (Å²) < 4.78 is 5.12. The second-order valence-corrected chi connectivity index (χ2v) is 4.23. The molecule has 4 nitrogen and oxygen atoms in total. The van der Waals surface area contributed by atoms with E-state index in [2.05, 4.69) is 5.32 Å². The Morgan fingerprint density at radius 2 is 2.06 bits per heavy atom. The summed E-state index contributed by atoms with van der Waals surface area (Å²) in [5.74, 6) is 0.837. The highest BCUT2D eigenvalue weighted by molar-refractivity contribution is 5.75. The smallest absolute Gasteiger partial charge is 0.317 e. The maximum absolute atomic E-state index is 11.7. The molecule has 0 aliphatic carbocycles. The van der Waals surface area contributed by atoms with Gasteiger partial charge < -0.3 is 15.0 Å². The van der Waals surface area contributed by atoms with Crippen LogP contribution in [-0.2, 0) is 0 Å². The van der Waals surface area contributed by atoms with Crippen LogP contribution in [0.5, 0.6) is 5.75 Å². The third-order valence-corrected chi connectivity index (χ3v) is 3.18. The molecular formula is C13H18N2O2. The van der Waals surface area contributed by atoms with Crippen molar-refractivity contribution in [1.82, 2.24) is 10.2 Å². The zero-order valence-corrected chi connectivity index (χ0v) is 10.3. The summed E-state index contributed by atoms with van der Waals surface area (Å²) in [6.07, 6.45) is 1.01. The van der Waals surface area contributed by atoms with Crippen LogP contribution in [0.3, 0.4) is 0 Å². The number of urea groups is 1. The molecule has 17 heavy (non-hydrogen) atoms. The van der Waals surface area contributed by atoms with Crippen LogP contribution in [0.25, 0.3) is 0 Å². The number of benzene rings is 1.